The molecular weight excluding hydrogens is 126 g/mol. The SMILES string of the molecule is C/C=C/C(=C/CNC)OC. The van der Waals surface area contributed by atoms with E-state index in [2.05, 4.69) is 5.32 Å². The van der Waals surface area contributed by atoms with Crippen molar-refractivity contribution < 1.29 is 4.74 Å². The van der Waals surface area contributed by atoms with Gasteiger partial charge in [0.25, 0.3) is 0 Å². The van der Waals surface area contributed by atoms with Gasteiger partial charge < -0.3 is 10.1 Å². The highest BCUT2D eigenvalue weighted by Crippen LogP contribution is 1.95. The molecule has 0 spiro atoms. The van der Waals surface area contributed by atoms with Crippen molar-refractivity contribution in [2.45, 2.75) is 6.92 Å². The van der Waals surface area contributed by atoms with E-state index in [-0.39, 0.29) is 0 Å². The van der Waals surface area contributed by atoms with E-state index in [9.17, 15) is 0 Å². The smallest absolute Gasteiger partial charge is 0.115 e. The Morgan fingerprint density at radius 2 is 2.30 bits per heavy atom. The summed E-state index contributed by atoms with van der Waals surface area (Å²) in [7, 11) is 3.57. The van der Waals surface area contributed by atoms with Crippen LogP contribution in [0.25, 0.3) is 0 Å². The van der Waals surface area contributed by atoms with Crippen LogP contribution in [-0.4, -0.2) is 20.7 Å². The number of rotatable bonds is 4. The predicted molar refractivity (Wildman–Crippen MR) is 43.8 cm³/mol. The average molecular weight is 141 g/mol. The molecule has 0 radical (unpaired) electrons. The second-order valence-electron chi connectivity index (χ2n) is 1.87. The fourth-order valence-corrected chi connectivity index (χ4v) is 0.586. The van der Waals surface area contributed by atoms with Crippen molar-refractivity contribution in [2.24, 2.45) is 0 Å². The molecule has 0 aliphatic heterocycles. The van der Waals surface area contributed by atoms with Crippen LogP contribution in [0.15, 0.2) is 24.0 Å². The lowest BCUT2D eigenvalue weighted by atomic mass is 10.4. The summed E-state index contributed by atoms with van der Waals surface area (Å²) in [6, 6.07) is 0. The maximum atomic E-state index is 5.03. The number of nitrogens with one attached hydrogen (secondary N) is 1. The summed E-state index contributed by atoms with van der Waals surface area (Å²) in [5.74, 6) is 0.900. The first-order valence-corrected chi connectivity index (χ1v) is 3.36. The van der Waals surface area contributed by atoms with Gasteiger partial charge in [-0.3, -0.25) is 0 Å². The molecule has 10 heavy (non-hydrogen) atoms. The van der Waals surface area contributed by atoms with Gasteiger partial charge in [0.15, 0.2) is 0 Å². The lowest BCUT2D eigenvalue weighted by molar-refractivity contribution is 0.305. The van der Waals surface area contributed by atoms with Crippen molar-refractivity contribution in [3.63, 3.8) is 0 Å². The van der Waals surface area contributed by atoms with E-state index in [1.807, 2.05) is 32.2 Å². The molecule has 0 saturated heterocycles. The molecule has 0 amide bonds. The first kappa shape index (κ1) is 9.24. The highest BCUT2D eigenvalue weighted by molar-refractivity contribution is 5.11. The average Bonchev–Trinajstić information content (AvgIpc) is 1.98. The molecule has 58 valence electrons. The first-order chi connectivity index (χ1) is 4.85. The second kappa shape index (κ2) is 6.36. The Hall–Kier alpha value is -0.760. The van der Waals surface area contributed by atoms with Crippen LogP contribution in [-0.2, 0) is 4.74 Å². The standard InChI is InChI=1S/C8H15NO/c1-4-5-8(10-3)6-7-9-2/h4-6,9H,7H2,1-3H3/b5-4+,8-6-. The number of methoxy groups -OCH3 is 1. The Morgan fingerprint density at radius 3 is 2.70 bits per heavy atom. The third kappa shape index (κ3) is 4.15. The Balaban J connectivity index is 3.78. The van der Waals surface area contributed by atoms with Crippen LogP contribution >= 0.6 is 0 Å². The minimum absolute atomic E-state index is 0.841. The second-order valence-corrected chi connectivity index (χ2v) is 1.87. The molecule has 0 unspecified atom stereocenters. The number of hydrogen-bond donors (Lipinski definition) is 1. The van der Waals surface area contributed by atoms with E-state index < -0.39 is 0 Å². The molecule has 0 atom stereocenters. The van der Waals surface area contributed by atoms with Gasteiger partial charge in [-0.05, 0) is 26.1 Å². The molecule has 2 nitrogen and oxygen atoms in total. The first-order valence-electron chi connectivity index (χ1n) is 3.36. The third-order valence-electron chi connectivity index (χ3n) is 1.07. The Morgan fingerprint density at radius 1 is 1.60 bits per heavy atom. The van der Waals surface area contributed by atoms with Gasteiger partial charge in [-0.15, -0.1) is 0 Å². The topological polar surface area (TPSA) is 21.3 Å². The van der Waals surface area contributed by atoms with E-state index in [4.69, 9.17) is 4.74 Å². The number of ether oxygens (including phenoxy) is 1. The molecule has 1 N–H and O–H groups in total. The zero-order valence-corrected chi connectivity index (χ0v) is 6.85. The zero-order chi connectivity index (χ0) is 7.82. The van der Waals surface area contributed by atoms with Crippen molar-refractivity contribution in [3.8, 4) is 0 Å². The summed E-state index contributed by atoms with van der Waals surface area (Å²) in [4.78, 5) is 0. The van der Waals surface area contributed by atoms with Crippen molar-refractivity contribution in [2.75, 3.05) is 20.7 Å². The van der Waals surface area contributed by atoms with Gasteiger partial charge >= 0.3 is 0 Å². The Labute approximate surface area is 62.6 Å². The van der Waals surface area contributed by atoms with Gasteiger partial charge in [0.2, 0.25) is 0 Å². The van der Waals surface area contributed by atoms with E-state index >= 15 is 0 Å². The van der Waals surface area contributed by atoms with Gasteiger partial charge in [-0.1, -0.05) is 6.08 Å². The van der Waals surface area contributed by atoms with E-state index in [0.717, 1.165) is 12.3 Å². The van der Waals surface area contributed by atoms with Crippen molar-refractivity contribution in [1.29, 1.82) is 0 Å². The minimum atomic E-state index is 0.841. The zero-order valence-electron chi connectivity index (χ0n) is 6.85. The van der Waals surface area contributed by atoms with Crippen molar-refractivity contribution >= 4 is 0 Å². The van der Waals surface area contributed by atoms with E-state index in [0.29, 0.717) is 0 Å². The fraction of sp³-hybridized carbons (Fsp3) is 0.500. The molecule has 0 bridgehead atoms. The highest BCUT2D eigenvalue weighted by atomic mass is 16.5. The molecule has 0 aromatic carbocycles. The molecule has 0 heterocycles. The van der Waals surface area contributed by atoms with Crippen LogP contribution in [0.4, 0.5) is 0 Å². The molecule has 0 fully saturated rings. The van der Waals surface area contributed by atoms with Crippen LogP contribution in [0, 0.1) is 0 Å². The van der Waals surface area contributed by atoms with Crippen molar-refractivity contribution in [3.05, 3.63) is 24.0 Å². The predicted octanol–water partition coefficient (Wildman–Crippen LogP) is 1.31. The number of hydrogen-bond acceptors (Lipinski definition) is 2. The fourth-order valence-electron chi connectivity index (χ4n) is 0.586. The van der Waals surface area contributed by atoms with Gasteiger partial charge in [-0.2, -0.15) is 0 Å². The van der Waals surface area contributed by atoms with Crippen molar-refractivity contribution in [1.82, 2.24) is 5.32 Å². The van der Waals surface area contributed by atoms with Gasteiger partial charge in [-0.25, -0.2) is 0 Å². The van der Waals surface area contributed by atoms with Gasteiger partial charge in [0.05, 0.1) is 7.11 Å². The lowest BCUT2D eigenvalue weighted by Gasteiger charge is -1.98. The number of allylic oxidation sites excluding steroid dienone is 2. The van der Waals surface area contributed by atoms with Crippen LogP contribution in [0.5, 0.6) is 0 Å². The molecule has 0 aromatic rings. The van der Waals surface area contributed by atoms with Crippen LogP contribution in [0.3, 0.4) is 0 Å². The Bertz CT molecular complexity index is 127. The normalized spacial score (nSPS) is 12.5. The summed E-state index contributed by atoms with van der Waals surface area (Å²) in [5.41, 5.74) is 0. The van der Waals surface area contributed by atoms with Crippen LogP contribution in [0.1, 0.15) is 6.92 Å². The summed E-state index contributed by atoms with van der Waals surface area (Å²) >= 11 is 0. The summed E-state index contributed by atoms with van der Waals surface area (Å²) in [6.45, 7) is 2.81. The molecule has 0 rings (SSSR count). The van der Waals surface area contributed by atoms with Gasteiger partial charge in [0, 0.05) is 6.54 Å². The lowest BCUT2D eigenvalue weighted by Crippen LogP contribution is -2.05. The maximum absolute atomic E-state index is 5.03. The monoisotopic (exact) mass is 141 g/mol. The number of likely N-dealkylation sites (N-methyl/N-ethyl adjacent to an activating group) is 1. The van der Waals surface area contributed by atoms with Gasteiger partial charge in [0.1, 0.15) is 5.76 Å². The summed E-state index contributed by atoms with van der Waals surface area (Å²) < 4.78 is 5.03. The molecule has 0 aromatic heterocycles. The highest BCUT2D eigenvalue weighted by Gasteiger charge is 1.84. The third-order valence-corrected chi connectivity index (χ3v) is 1.07. The van der Waals surface area contributed by atoms with Crippen LogP contribution < -0.4 is 5.32 Å². The quantitative estimate of drug-likeness (QED) is 0.471. The Kier molecular flexibility index (Phi) is 5.88. The molecule has 0 aliphatic carbocycles. The van der Waals surface area contributed by atoms with Crippen LogP contribution in [0.2, 0.25) is 0 Å². The maximum Gasteiger partial charge on any atom is 0.115 e. The molecule has 0 saturated carbocycles. The largest absolute Gasteiger partial charge is 0.497 e. The summed E-state index contributed by atoms with van der Waals surface area (Å²) in [6.07, 6.45) is 5.86. The summed E-state index contributed by atoms with van der Waals surface area (Å²) in [5, 5.41) is 3.00. The molecule has 2 heteroatoms. The molecule has 0 aliphatic rings. The van der Waals surface area contributed by atoms with E-state index in [1.165, 1.54) is 0 Å². The van der Waals surface area contributed by atoms with E-state index in [1.54, 1.807) is 7.11 Å². The molecular formula is C8H15NO. The minimum Gasteiger partial charge on any atom is -0.497 e.